The van der Waals surface area contributed by atoms with Gasteiger partial charge in [0.15, 0.2) is 0 Å². The molecule has 1 heterocycles. The lowest BCUT2D eigenvalue weighted by Gasteiger charge is -2.19. The first-order valence-electron chi connectivity index (χ1n) is 12.4. The Bertz CT molecular complexity index is 1430. The second-order valence-electron chi connectivity index (χ2n) is 9.20. The summed E-state index contributed by atoms with van der Waals surface area (Å²) in [6, 6.07) is 18.3. The SMILES string of the molecule is Cc1ccc(CCOc2nccnc2-c2ccc(NC(=O)Cc3ccc(C(F)(F)[C@@H](C)O)cc3)cc2)c(Cl)c1. The highest BCUT2D eigenvalue weighted by molar-refractivity contribution is 6.31. The molecule has 0 aliphatic carbocycles. The van der Waals surface area contributed by atoms with E-state index in [-0.39, 0.29) is 17.9 Å². The Kier molecular flexibility index (Phi) is 8.89. The standard InChI is InChI=1S/C30H28ClF2N3O3/c1-19-3-6-22(26(31)17-19)13-16-39-29-28(34-14-15-35-29)23-7-11-25(12-8-23)36-27(38)18-21-4-9-24(10-5-21)30(32,33)20(2)37/h3-12,14-15,17,20,37H,13,16,18H2,1-2H3,(H,36,38)/t20-/m1/s1. The lowest BCUT2D eigenvalue weighted by molar-refractivity contribution is -0.115. The first-order valence-corrected chi connectivity index (χ1v) is 12.8. The van der Waals surface area contributed by atoms with Crippen molar-refractivity contribution in [2.24, 2.45) is 0 Å². The number of nitrogens with zero attached hydrogens (tertiary/aromatic N) is 2. The number of benzene rings is 3. The molecule has 0 saturated carbocycles. The number of aliphatic hydroxyl groups excluding tert-OH is 1. The number of carbonyl (C=O) groups excluding carboxylic acids is 1. The molecule has 9 heteroatoms. The summed E-state index contributed by atoms with van der Waals surface area (Å²) in [5.41, 5.74) is 4.25. The summed E-state index contributed by atoms with van der Waals surface area (Å²) in [6.07, 6.45) is 1.96. The molecule has 0 aliphatic heterocycles. The average molecular weight is 552 g/mol. The average Bonchev–Trinajstić information content (AvgIpc) is 2.91. The number of aromatic nitrogens is 2. The van der Waals surface area contributed by atoms with Gasteiger partial charge in [0.05, 0.1) is 13.0 Å². The highest BCUT2D eigenvalue weighted by Gasteiger charge is 2.37. The van der Waals surface area contributed by atoms with Crippen molar-refractivity contribution in [3.63, 3.8) is 0 Å². The van der Waals surface area contributed by atoms with Crippen molar-refractivity contribution in [2.45, 2.75) is 38.7 Å². The molecule has 1 atom stereocenters. The van der Waals surface area contributed by atoms with Gasteiger partial charge >= 0.3 is 0 Å². The Labute approximate surface area is 230 Å². The number of rotatable bonds is 10. The predicted octanol–water partition coefficient (Wildman–Crippen LogP) is 6.38. The Morgan fingerprint density at radius 1 is 1.05 bits per heavy atom. The number of halogens is 3. The van der Waals surface area contributed by atoms with E-state index in [1.54, 1.807) is 36.7 Å². The molecule has 39 heavy (non-hydrogen) atoms. The number of ether oxygens (including phenoxy) is 1. The van der Waals surface area contributed by atoms with Gasteiger partial charge in [-0.05, 0) is 48.7 Å². The number of aryl methyl sites for hydroxylation is 1. The minimum absolute atomic E-state index is 0.00935. The van der Waals surface area contributed by atoms with E-state index in [0.717, 1.165) is 23.6 Å². The van der Waals surface area contributed by atoms with Gasteiger partial charge in [-0.1, -0.05) is 60.1 Å². The number of nitrogens with one attached hydrogen (secondary N) is 1. The summed E-state index contributed by atoms with van der Waals surface area (Å²) in [5, 5.41) is 12.8. The maximum atomic E-state index is 13.9. The second kappa shape index (κ2) is 12.3. The molecule has 1 aromatic heterocycles. The van der Waals surface area contributed by atoms with E-state index >= 15 is 0 Å². The monoisotopic (exact) mass is 551 g/mol. The number of hydrogen-bond acceptors (Lipinski definition) is 5. The first kappa shape index (κ1) is 28.1. The summed E-state index contributed by atoms with van der Waals surface area (Å²) in [7, 11) is 0. The van der Waals surface area contributed by atoms with E-state index in [1.807, 2.05) is 25.1 Å². The van der Waals surface area contributed by atoms with Crippen LogP contribution in [-0.4, -0.2) is 33.7 Å². The number of anilines is 1. The number of hydrogen-bond donors (Lipinski definition) is 2. The summed E-state index contributed by atoms with van der Waals surface area (Å²) < 4.78 is 33.8. The minimum Gasteiger partial charge on any atom is -0.476 e. The number of amides is 1. The Morgan fingerprint density at radius 3 is 2.41 bits per heavy atom. The van der Waals surface area contributed by atoms with E-state index in [4.69, 9.17) is 16.3 Å². The van der Waals surface area contributed by atoms with Gasteiger partial charge in [-0.25, -0.2) is 9.97 Å². The smallest absolute Gasteiger partial charge is 0.298 e. The molecule has 0 bridgehead atoms. The minimum atomic E-state index is -3.36. The first-order chi connectivity index (χ1) is 18.6. The molecule has 1 amide bonds. The lowest BCUT2D eigenvalue weighted by atomic mass is 10.0. The van der Waals surface area contributed by atoms with Gasteiger partial charge in [-0.15, -0.1) is 0 Å². The van der Waals surface area contributed by atoms with E-state index in [9.17, 15) is 18.7 Å². The van der Waals surface area contributed by atoms with E-state index in [1.165, 1.54) is 24.3 Å². The van der Waals surface area contributed by atoms with Crippen molar-refractivity contribution in [3.05, 3.63) is 106 Å². The molecular weight excluding hydrogens is 524 g/mol. The Balaban J connectivity index is 1.36. The Morgan fingerprint density at radius 2 is 1.74 bits per heavy atom. The third-order valence-electron chi connectivity index (χ3n) is 6.15. The van der Waals surface area contributed by atoms with Crippen LogP contribution in [0.1, 0.15) is 29.2 Å². The van der Waals surface area contributed by atoms with Gasteiger partial charge in [0.25, 0.3) is 5.92 Å². The van der Waals surface area contributed by atoms with Crippen molar-refractivity contribution in [2.75, 3.05) is 11.9 Å². The van der Waals surface area contributed by atoms with Gasteiger partial charge in [0.2, 0.25) is 11.8 Å². The summed E-state index contributed by atoms with van der Waals surface area (Å²) >= 11 is 6.32. The van der Waals surface area contributed by atoms with Crippen LogP contribution < -0.4 is 10.1 Å². The predicted molar refractivity (Wildman–Crippen MR) is 147 cm³/mol. The molecule has 202 valence electrons. The van der Waals surface area contributed by atoms with Crippen molar-refractivity contribution < 1.29 is 23.4 Å². The highest BCUT2D eigenvalue weighted by atomic mass is 35.5. The maximum absolute atomic E-state index is 13.9. The number of carbonyl (C=O) groups is 1. The molecule has 4 rings (SSSR count). The second-order valence-corrected chi connectivity index (χ2v) is 9.61. The topological polar surface area (TPSA) is 84.3 Å². The van der Waals surface area contributed by atoms with Gasteiger partial charge in [-0.3, -0.25) is 4.79 Å². The zero-order valence-electron chi connectivity index (χ0n) is 21.5. The fraction of sp³-hybridized carbons (Fsp3) is 0.233. The number of aliphatic hydroxyl groups is 1. The molecule has 4 aromatic rings. The van der Waals surface area contributed by atoms with E-state index in [2.05, 4.69) is 15.3 Å². The van der Waals surface area contributed by atoms with E-state index < -0.39 is 12.0 Å². The molecule has 0 saturated heterocycles. The highest BCUT2D eigenvalue weighted by Crippen LogP contribution is 2.32. The van der Waals surface area contributed by atoms with Crippen molar-refractivity contribution in [3.8, 4) is 17.1 Å². The summed E-state index contributed by atoms with van der Waals surface area (Å²) in [5.74, 6) is -3.26. The van der Waals surface area contributed by atoms with Crippen molar-refractivity contribution in [1.29, 1.82) is 0 Å². The largest absolute Gasteiger partial charge is 0.476 e. The van der Waals surface area contributed by atoms with Gasteiger partial charge < -0.3 is 15.2 Å². The van der Waals surface area contributed by atoms with Crippen molar-refractivity contribution >= 4 is 23.2 Å². The van der Waals surface area contributed by atoms with Gasteiger partial charge in [0, 0.05) is 40.7 Å². The van der Waals surface area contributed by atoms with Crippen LogP contribution in [0.5, 0.6) is 5.88 Å². The molecule has 2 N–H and O–H groups in total. The van der Waals surface area contributed by atoms with Crippen LogP contribution in [0.4, 0.5) is 14.5 Å². The van der Waals surface area contributed by atoms with Crippen molar-refractivity contribution in [1.82, 2.24) is 9.97 Å². The number of alkyl halides is 2. The third-order valence-corrected chi connectivity index (χ3v) is 6.51. The summed E-state index contributed by atoms with van der Waals surface area (Å²) in [4.78, 5) is 21.2. The fourth-order valence-electron chi connectivity index (χ4n) is 3.93. The molecule has 0 spiro atoms. The Hall–Kier alpha value is -3.88. The lowest BCUT2D eigenvalue weighted by Crippen LogP contribution is -2.27. The third kappa shape index (κ3) is 7.16. The molecule has 0 aliphatic rings. The molecule has 6 nitrogen and oxygen atoms in total. The molecule has 0 unspecified atom stereocenters. The molecule has 0 radical (unpaired) electrons. The van der Waals surface area contributed by atoms with Gasteiger partial charge in [-0.2, -0.15) is 8.78 Å². The van der Waals surface area contributed by atoms with Gasteiger partial charge in [0.1, 0.15) is 11.8 Å². The van der Waals surface area contributed by atoms with Crippen LogP contribution in [0.3, 0.4) is 0 Å². The maximum Gasteiger partial charge on any atom is 0.298 e. The molecule has 0 fully saturated rings. The van der Waals surface area contributed by atoms with Crippen LogP contribution >= 0.6 is 11.6 Å². The van der Waals surface area contributed by atoms with Crippen LogP contribution in [0.25, 0.3) is 11.3 Å². The zero-order chi connectivity index (χ0) is 28.0. The normalized spacial score (nSPS) is 12.2. The fourth-order valence-corrected chi connectivity index (χ4v) is 4.26. The van der Waals surface area contributed by atoms with Crippen LogP contribution in [-0.2, 0) is 23.6 Å². The zero-order valence-corrected chi connectivity index (χ0v) is 22.3. The summed E-state index contributed by atoms with van der Waals surface area (Å²) in [6.45, 7) is 3.40. The van der Waals surface area contributed by atoms with Crippen LogP contribution in [0, 0.1) is 6.92 Å². The van der Waals surface area contributed by atoms with Crippen LogP contribution in [0.2, 0.25) is 5.02 Å². The molecule has 3 aromatic carbocycles. The molecular formula is C30H28ClF2N3O3. The van der Waals surface area contributed by atoms with E-state index in [0.29, 0.717) is 40.9 Å². The quantitative estimate of drug-likeness (QED) is 0.239. The van der Waals surface area contributed by atoms with Crippen LogP contribution in [0.15, 0.2) is 79.1 Å².